The number of halogens is 2. The Morgan fingerprint density at radius 3 is 2.55 bits per heavy atom. The van der Waals surface area contributed by atoms with E-state index in [-0.39, 0.29) is 18.9 Å². The summed E-state index contributed by atoms with van der Waals surface area (Å²) in [5.74, 6) is -2.03. The van der Waals surface area contributed by atoms with Gasteiger partial charge >= 0.3 is 0 Å². The third kappa shape index (κ3) is 3.78. The summed E-state index contributed by atoms with van der Waals surface area (Å²) in [7, 11) is 0. The van der Waals surface area contributed by atoms with Crippen LogP contribution >= 0.6 is 0 Å². The Morgan fingerprint density at radius 1 is 1.05 bits per heavy atom. The van der Waals surface area contributed by atoms with Crippen molar-refractivity contribution in [3.05, 3.63) is 65.2 Å². The molecular weight excluding hydrogens is 262 g/mol. The number of benzene rings is 2. The van der Waals surface area contributed by atoms with Crippen molar-refractivity contribution in [2.45, 2.75) is 13.0 Å². The molecule has 2 rings (SSSR count). The molecule has 3 N–H and O–H groups in total. The van der Waals surface area contributed by atoms with Crippen LogP contribution < -0.4 is 11.1 Å². The van der Waals surface area contributed by atoms with Gasteiger partial charge in [0, 0.05) is 12.2 Å². The molecule has 1 amide bonds. The summed E-state index contributed by atoms with van der Waals surface area (Å²) in [5, 5.41) is 2.64. The van der Waals surface area contributed by atoms with Gasteiger partial charge in [0.1, 0.15) is 0 Å². The van der Waals surface area contributed by atoms with Gasteiger partial charge in [-0.05, 0) is 35.4 Å². The van der Waals surface area contributed by atoms with Crippen molar-refractivity contribution in [3.63, 3.8) is 0 Å². The molecule has 0 aliphatic carbocycles. The lowest BCUT2D eigenvalue weighted by molar-refractivity contribution is -0.120. The Kier molecular flexibility index (Phi) is 4.30. The summed E-state index contributed by atoms with van der Waals surface area (Å²) in [6.45, 7) is 0.151. The van der Waals surface area contributed by atoms with Crippen LogP contribution in [0.1, 0.15) is 11.1 Å². The maximum atomic E-state index is 13.0. The van der Waals surface area contributed by atoms with Crippen LogP contribution in [0, 0.1) is 11.6 Å². The van der Waals surface area contributed by atoms with E-state index in [1.807, 2.05) is 0 Å². The maximum absolute atomic E-state index is 13.0. The molecule has 2 aromatic rings. The van der Waals surface area contributed by atoms with Crippen LogP contribution in [0.25, 0.3) is 0 Å². The number of nitrogens with two attached hydrogens (primary N) is 1. The number of nitrogen functional groups attached to an aromatic ring is 1. The highest BCUT2D eigenvalue weighted by Crippen LogP contribution is 2.09. The van der Waals surface area contributed by atoms with E-state index in [2.05, 4.69) is 5.32 Å². The summed E-state index contributed by atoms with van der Waals surface area (Å²) in [4.78, 5) is 11.7. The lowest BCUT2D eigenvalue weighted by Crippen LogP contribution is -2.24. The largest absolute Gasteiger partial charge is 0.399 e. The molecule has 0 heterocycles. The van der Waals surface area contributed by atoms with Gasteiger partial charge in [-0.25, -0.2) is 8.78 Å². The zero-order valence-electron chi connectivity index (χ0n) is 10.7. The quantitative estimate of drug-likeness (QED) is 0.843. The van der Waals surface area contributed by atoms with Crippen molar-refractivity contribution in [2.75, 3.05) is 5.73 Å². The summed E-state index contributed by atoms with van der Waals surface area (Å²) >= 11 is 0. The fourth-order valence-electron chi connectivity index (χ4n) is 1.80. The van der Waals surface area contributed by atoms with E-state index < -0.39 is 11.6 Å². The van der Waals surface area contributed by atoms with Crippen LogP contribution in [-0.2, 0) is 17.8 Å². The Morgan fingerprint density at radius 2 is 1.85 bits per heavy atom. The standard InChI is InChI=1S/C15H14F2N2O/c16-13-5-4-11(7-14(13)17)9-19-15(20)8-10-2-1-3-12(18)6-10/h1-7H,8-9,18H2,(H,19,20). The molecule has 104 valence electrons. The number of nitrogens with one attached hydrogen (secondary N) is 1. The summed E-state index contributed by atoms with van der Waals surface area (Å²) in [6.07, 6.45) is 0.189. The highest BCUT2D eigenvalue weighted by molar-refractivity contribution is 5.78. The van der Waals surface area contributed by atoms with E-state index in [4.69, 9.17) is 5.73 Å². The highest BCUT2D eigenvalue weighted by atomic mass is 19.2. The molecule has 20 heavy (non-hydrogen) atoms. The summed E-state index contributed by atoms with van der Waals surface area (Å²) in [6, 6.07) is 10.6. The molecule has 0 fully saturated rings. The Hall–Kier alpha value is -2.43. The molecule has 0 bridgehead atoms. The van der Waals surface area contributed by atoms with Crippen LogP contribution in [-0.4, -0.2) is 5.91 Å². The van der Waals surface area contributed by atoms with E-state index in [0.717, 1.165) is 17.7 Å². The van der Waals surface area contributed by atoms with Gasteiger partial charge in [0.25, 0.3) is 0 Å². The first-order valence-corrected chi connectivity index (χ1v) is 6.09. The minimum Gasteiger partial charge on any atom is -0.399 e. The lowest BCUT2D eigenvalue weighted by Gasteiger charge is -2.06. The third-order valence-corrected chi connectivity index (χ3v) is 2.79. The molecule has 3 nitrogen and oxygen atoms in total. The number of hydrogen-bond donors (Lipinski definition) is 2. The minimum atomic E-state index is -0.924. The molecule has 0 radical (unpaired) electrons. The smallest absolute Gasteiger partial charge is 0.224 e. The van der Waals surface area contributed by atoms with Crippen molar-refractivity contribution in [3.8, 4) is 0 Å². The molecule has 2 aromatic carbocycles. The predicted octanol–water partition coefficient (Wildman–Crippen LogP) is 2.41. The Bertz CT molecular complexity index is 629. The van der Waals surface area contributed by atoms with Crippen LogP contribution in [0.3, 0.4) is 0 Å². The van der Waals surface area contributed by atoms with Crippen molar-refractivity contribution in [1.82, 2.24) is 5.32 Å². The molecular formula is C15H14F2N2O. The minimum absolute atomic E-state index is 0.151. The van der Waals surface area contributed by atoms with Gasteiger partial charge in [-0.2, -0.15) is 0 Å². The average Bonchev–Trinajstić information content (AvgIpc) is 2.40. The summed E-state index contributed by atoms with van der Waals surface area (Å²) in [5.41, 5.74) is 7.52. The molecule has 0 spiro atoms. The average molecular weight is 276 g/mol. The molecule has 0 aliphatic heterocycles. The van der Waals surface area contributed by atoms with Gasteiger partial charge in [-0.1, -0.05) is 18.2 Å². The molecule has 0 saturated heterocycles. The summed E-state index contributed by atoms with van der Waals surface area (Å²) < 4.78 is 25.7. The first-order valence-electron chi connectivity index (χ1n) is 6.09. The second kappa shape index (κ2) is 6.14. The van der Waals surface area contributed by atoms with Crippen molar-refractivity contribution >= 4 is 11.6 Å². The van der Waals surface area contributed by atoms with E-state index in [9.17, 15) is 13.6 Å². The highest BCUT2D eigenvalue weighted by Gasteiger charge is 2.06. The second-order valence-electron chi connectivity index (χ2n) is 4.45. The molecule has 0 unspecified atom stereocenters. The first-order chi connectivity index (χ1) is 9.54. The maximum Gasteiger partial charge on any atom is 0.224 e. The van der Waals surface area contributed by atoms with Crippen molar-refractivity contribution < 1.29 is 13.6 Å². The Labute approximate surface area is 115 Å². The van der Waals surface area contributed by atoms with E-state index >= 15 is 0 Å². The van der Waals surface area contributed by atoms with Crippen molar-refractivity contribution in [2.24, 2.45) is 0 Å². The number of amides is 1. The number of rotatable bonds is 4. The monoisotopic (exact) mass is 276 g/mol. The third-order valence-electron chi connectivity index (χ3n) is 2.79. The Balaban J connectivity index is 1.90. The SMILES string of the molecule is Nc1cccc(CC(=O)NCc2ccc(F)c(F)c2)c1. The van der Waals surface area contributed by atoms with Gasteiger partial charge in [0.05, 0.1) is 6.42 Å². The zero-order chi connectivity index (χ0) is 14.5. The number of anilines is 1. The molecule has 0 aliphatic rings. The van der Waals surface area contributed by atoms with Gasteiger partial charge in [0.15, 0.2) is 11.6 Å². The first kappa shape index (κ1) is 14.0. The topological polar surface area (TPSA) is 55.1 Å². The second-order valence-corrected chi connectivity index (χ2v) is 4.45. The van der Waals surface area contributed by atoms with Gasteiger partial charge < -0.3 is 11.1 Å². The van der Waals surface area contributed by atoms with Gasteiger partial charge in [-0.3, -0.25) is 4.79 Å². The molecule has 5 heteroatoms. The lowest BCUT2D eigenvalue weighted by atomic mass is 10.1. The van der Waals surface area contributed by atoms with E-state index in [1.54, 1.807) is 24.3 Å². The normalized spacial score (nSPS) is 10.3. The van der Waals surface area contributed by atoms with Crippen LogP contribution in [0.15, 0.2) is 42.5 Å². The molecule has 0 aromatic heterocycles. The number of hydrogen-bond acceptors (Lipinski definition) is 2. The predicted molar refractivity (Wildman–Crippen MR) is 72.8 cm³/mol. The van der Waals surface area contributed by atoms with Crippen molar-refractivity contribution in [1.29, 1.82) is 0 Å². The fourth-order valence-corrected chi connectivity index (χ4v) is 1.80. The van der Waals surface area contributed by atoms with Crippen LogP contribution in [0.5, 0.6) is 0 Å². The van der Waals surface area contributed by atoms with Gasteiger partial charge in [-0.15, -0.1) is 0 Å². The van der Waals surface area contributed by atoms with Crippen LogP contribution in [0.2, 0.25) is 0 Å². The number of carbonyl (C=O) groups excluding carboxylic acids is 1. The molecule has 0 atom stereocenters. The fraction of sp³-hybridized carbons (Fsp3) is 0.133. The van der Waals surface area contributed by atoms with E-state index in [0.29, 0.717) is 11.3 Å². The van der Waals surface area contributed by atoms with Gasteiger partial charge in [0.2, 0.25) is 5.91 Å². The van der Waals surface area contributed by atoms with E-state index in [1.165, 1.54) is 6.07 Å². The zero-order valence-corrected chi connectivity index (χ0v) is 10.7. The number of carbonyl (C=O) groups is 1. The molecule has 0 saturated carbocycles. The van der Waals surface area contributed by atoms with Crippen LogP contribution in [0.4, 0.5) is 14.5 Å².